The third-order valence-corrected chi connectivity index (χ3v) is 2.98. The van der Waals surface area contributed by atoms with E-state index >= 15 is 0 Å². The molecule has 1 atom stereocenters. The van der Waals surface area contributed by atoms with Gasteiger partial charge >= 0.3 is 0 Å². The standard InChI is InChI=1S/C12H20.C3H8.2C2H6/c1-5-11-10(4)7-6-8-12(11)9(2)3;1-3-2;2*1-2/h5,9,12H,1,6-8H2,2-4H3;3H2,1-2H3;2*1-2H3. The highest BCUT2D eigenvalue weighted by atomic mass is 14.3. The lowest BCUT2D eigenvalue weighted by molar-refractivity contribution is 0.390. The second-order valence-corrected chi connectivity index (χ2v) is 4.89. The Kier molecular flexibility index (Phi) is 21.7. The summed E-state index contributed by atoms with van der Waals surface area (Å²) >= 11 is 0. The molecule has 1 rings (SSSR count). The summed E-state index contributed by atoms with van der Waals surface area (Å²) in [7, 11) is 0. The van der Waals surface area contributed by atoms with E-state index in [4.69, 9.17) is 0 Å². The van der Waals surface area contributed by atoms with Gasteiger partial charge in [-0.1, -0.05) is 80.0 Å². The first kappa shape index (κ1) is 23.6. The van der Waals surface area contributed by atoms with Crippen LogP contribution in [0.5, 0.6) is 0 Å². The molecule has 0 aromatic carbocycles. The van der Waals surface area contributed by atoms with E-state index in [9.17, 15) is 0 Å². The van der Waals surface area contributed by atoms with E-state index < -0.39 is 0 Å². The van der Waals surface area contributed by atoms with Gasteiger partial charge in [0.05, 0.1) is 0 Å². The van der Waals surface area contributed by atoms with Gasteiger partial charge in [-0.2, -0.15) is 0 Å². The van der Waals surface area contributed by atoms with Crippen LogP contribution in [0.2, 0.25) is 0 Å². The molecule has 0 nitrogen and oxygen atoms in total. The average molecular weight is 269 g/mol. The Balaban J connectivity index is -0.000000313. The summed E-state index contributed by atoms with van der Waals surface area (Å²) < 4.78 is 0. The molecule has 0 fully saturated rings. The fourth-order valence-corrected chi connectivity index (χ4v) is 2.22. The first-order chi connectivity index (χ1) is 9.08. The van der Waals surface area contributed by atoms with Crippen LogP contribution >= 0.6 is 0 Å². The van der Waals surface area contributed by atoms with Gasteiger partial charge in [-0.05, 0) is 43.6 Å². The summed E-state index contributed by atoms with van der Waals surface area (Å²) in [6, 6.07) is 0. The molecule has 0 aliphatic heterocycles. The first-order valence-corrected chi connectivity index (χ1v) is 8.40. The van der Waals surface area contributed by atoms with Crippen LogP contribution in [-0.2, 0) is 0 Å². The van der Waals surface area contributed by atoms with Gasteiger partial charge in [0.25, 0.3) is 0 Å². The van der Waals surface area contributed by atoms with E-state index in [1.165, 1.54) is 31.3 Å². The molecule has 0 saturated carbocycles. The molecule has 0 heterocycles. The third-order valence-electron chi connectivity index (χ3n) is 2.98. The second kappa shape index (κ2) is 17.5. The molecule has 0 saturated heterocycles. The highest BCUT2D eigenvalue weighted by Crippen LogP contribution is 2.35. The number of hydrogen-bond acceptors (Lipinski definition) is 0. The third kappa shape index (κ3) is 11.0. The van der Waals surface area contributed by atoms with Crippen molar-refractivity contribution in [1.82, 2.24) is 0 Å². The predicted molar refractivity (Wildman–Crippen MR) is 93.7 cm³/mol. The van der Waals surface area contributed by atoms with Gasteiger partial charge in [-0.25, -0.2) is 0 Å². The van der Waals surface area contributed by atoms with E-state index in [1.54, 1.807) is 5.57 Å². The quantitative estimate of drug-likeness (QED) is 0.489. The molecule has 19 heavy (non-hydrogen) atoms. The minimum Gasteiger partial charge on any atom is -0.0988 e. The molecule has 1 unspecified atom stereocenters. The highest BCUT2D eigenvalue weighted by Gasteiger charge is 2.21. The summed E-state index contributed by atoms with van der Waals surface area (Å²) in [5.41, 5.74) is 3.09. The van der Waals surface area contributed by atoms with Crippen molar-refractivity contribution >= 4 is 0 Å². The largest absolute Gasteiger partial charge is 0.0988 e. The van der Waals surface area contributed by atoms with Gasteiger partial charge < -0.3 is 0 Å². The molecule has 0 heteroatoms. The molecule has 0 radical (unpaired) electrons. The Bertz CT molecular complexity index is 208. The van der Waals surface area contributed by atoms with Crippen molar-refractivity contribution in [2.75, 3.05) is 0 Å². The minimum absolute atomic E-state index is 0.772. The van der Waals surface area contributed by atoms with Gasteiger partial charge in [0.2, 0.25) is 0 Å². The summed E-state index contributed by atoms with van der Waals surface area (Å²) in [6.07, 6.45) is 7.33. The van der Waals surface area contributed by atoms with E-state index in [0.29, 0.717) is 0 Å². The van der Waals surface area contributed by atoms with Crippen LogP contribution in [0.3, 0.4) is 0 Å². The lowest BCUT2D eigenvalue weighted by Crippen LogP contribution is -2.15. The van der Waals surface area contributed by atoms with Crippen molar-refractivity contribution < 1.29 is 0 Å². The van der Waals surface area contributed by atoms with Crippen molar-refractivity contribution in [1.29, 1.82) is 0 Å². The maximum Gasteiger partial charge on any atom is -0.0140 e. The molecule has 0 aromatic heterocycles. The first-order valence-electron chi connectivity index (χ1n) is 8.40. The van der Waals surface area contributed by atoms with Crippen LogP contribution in [0.15, 0.2) is 23.8 Å². The predicted octanol–water partition coefficient (Wildman–Crippen LogP) is 7.41. The maximum absolute atomic E-state index is 3.91. The molecule has 0 bridgehead atoms. The Morgan fingerprint density at radius 1 is 1.16 bits per heavy atom. The summed E-state index contributed by atoms with van der Waals surface area (Å²) in [4.78, 5) is 0. The lowest BCUT2D eigenvalue weighted by atomic mass is 9.77. The average Bonchev–Trinajstić information content (AvgIpc) is 2.43. The minimum atomic E-state index is 0.772. The van der Waals surface area contributed by atoms with Crippen LogP contribution in [0.25, 0.3) is 0 Å². The van der Waals surface area contributed by atoms with Crippen molar-refractivity contribution in [2.45, 2.75) is 88.0 Å². The number of hydrogen-bond donors (Lipinski definition) is 0. The normalized spacial score (nSPS) is 17.3. The van der Waals surface area contributed by atoms with Crippen LogP contribution < -0.4 is 0 Å². The van der Waals surface area contributed by atoms with Crippen molar-refractivity contribution in [3.05, 3.63) is 23.8 Å². The Hall–Kier alpha value is -0.520. The molecule has 1 aliphatic rings. The van der Waals surface area contributed by atoms with Gasteiger partial charge in [-0.15, -0.1) is 0 Å². The van der Waals surface area contributed by atoms with Crippen LogP contribution in [0.1, 0.15) is 88.0 Å². The summed E-state index contributed by atoms with van der Waals surface area (Å²) in [5.74, 6) is 1.55. The molecule has 0 spiro atoms. The maximum atomic E-state index is 3.91. The van der Waals surface area contributed by atoms with E-state index in [2.05, 4.69) is 47.3 Å². The molecule has 0 aromatic rings. The van der Waals surface area contributed by atoms with E-state index in [-0.39, 0.29) is 0 Å². The molecule has 0 N–H and O–H groups in total. The van der Waals surface area contributed by atoms with Crippen LogP contribution in [0, 0.1) is 11.8 Å². The zero-order chi connectivity index (χ0) is 15.8. The van der Waals surface area contributed by atoms with Crippen molar-refractivity contribution in [3.8, 4) is 0 Å². The van der Waals surface area contributed by atoms with E-state index in [0.717, 1.165) is 11.8 Å². The molecule has 116 valence electrons. The fourth-order valence-electron chi connectivity index (χ4n) is 2.22. The summed E-state index contributed by atoms with van der Waals surface area (Å²) in [5, 5.41) is 0. The zero-order valence-electron chi connectivity index (χ0n) is 15.3. The van der Waals surface area contributed by atoms with E-state index in [1.807, 2.05) is 27.7 Å². The lowest BCUT2D eigenvalue weighted by Gasteiger charge is -2.28. The van der Waals surface area contributed by atoms with Gasteiger partial charge in [0.15, 0.2) is 0 Å². The molecule has 1 aliphatic carbocycles. The summed E-state index contributed by atoms with van der Waals surface area (Å²) in [6.45, 7) is 23.0. The zero-order valence-corrected chi connectivity index (χ0v) is 15.3. The molecule has 0 amide bonds. The highest BCUT2D eigenvalue weighted by molar-refractivity contribution is 5.28. The van der Waals surface area contributed by atoms with Gasteiger partial charge in [0.1, 0.15) is 0 Å². The Morgan fingerprint density at radius 3 is 1.84 bits per heavy atom. The molecular formula is C19H40. The monoisotopic (exact) mass is 268 g/mol. The number of allylic oxidation sites excluding steroid dienone is 3. The van der Waals surface area contributed by atoms with Gasteiger partial charge in [-0.3, -0.25) is 0 Å². The fraction of sp³-hybridized carbons (Fsp3) is 0.789. The van der Waals surface area contributed by atoms with Crippen LogP contribution in [-0.4, -0.2) is 0 Å². The smallest absolute Gasteiger partial charge is 0.0140 e. The molecular weight excluding hydrogens is 228 g/mol. The van der Waals surface area contributed by atoms with Crippen LogP contribution in [0.4, 0.5) is 0 Å². The Morgan fingerprint density at radius 2 is 1.58 bits per heavy atom. The number of rotatable bonds is 2. The van der Waals surface area contributed by atoms with Crippen molar-refractivity contribution in [3.63, 3.8) is 0 Å². The second-order valence-electron chi connectivity index (χ2n) is 4.89. The SMILES string of the molecule is C=CC1=C(C)CCCC1C(C)C.CC.CC.CCC. The van der Waals surface area contributed by atoms with Crippen molar-refractivity contribution in [2.24, 2.45) is 11.8 Å². The Labute approximate surface area is 124 Å². The topological polar surface area (TPSA) is 0 Å². The van der Waals surface area contributed by atoms with Gasteiger partial charge in [0, 0.05) is 0 Å².